The molecule has 0 aromatic heterocycles. The van der Waals surface area contributed by atoms with Crippen LogP contribution in [0.5, 0.6) is 0 Å². The minimum absolute atomic E-state index is 0.0381. The lowest BCUT2D eigenvalue weighted by atomic mass is 10.2. The third-order valence-electron chi connectivity index (χ3n) is 5.98. The highest BCUT2D eigenvalue weighted by atomic mass is 32.2. The Morgan fingerprint density at radius 1 is 1.10 bits per heavy atom. The summed E-state index contributed by atoms with van der Waals surface area (Å²) >= 11 is 1.69. The number of benzene rings is 1. The van der Waals surface area contributed by atoms with Crippen LogP contribution in [-0.2, 0) is 18.7 Å². The van der Waals surface area contributed by atoms with Gasteiger partial charge in [0.2, 0.25) is 0 Å². The van der Waals surface area contributed by atoms with Crippen LogP contribution in [0.1, 0.15) is 60.5 Å². The van der Waals surface area contributed by atoms with Crippen molar-refractivity contribution in [2.75, 3.05) is 6.61 Å². The Bertz CT molecular complexity index is 638. The fourth-order valence-corrected chi connectivity index (χ4v) is 11.3. The van der Waals surface area contributed by atoms with E-state index in [1.165, 1.54) is 17.4 Å². The van der Waals surface area contributed by atoms with E-state index >= 15 is 0 Å². The predicted molar refractivity (Wildman–Crippen MR) is 123 cm³/mol. The van der Waals surface area contributed by atoms with Gasteiger partial charge in [-0.3, -0.25) is 4.79 Å². The highest BCUT2D eigenvalue weighted by Gasteiger charge is 2.47. The molecule has 1 saturated heterocycles. The van der Waals surface area contributed by atoms with E-state index in [9.17, 15) is 4.79 Å². The van der Waals surface area contributed by atoms with Crippen molar-refractivity contribution in [2.24, 2.45) is 0 Å². The first-order valence-electron chi connectivity index (χ1n) is 10.8. The molecule has 0 N–H and O–H groups in total. The van der Waals surface area contributed by atoms with Crippen molar-refractivity contribution >= 4 is 26.0 Å². The van der Waals surface area contributed by atoms with Crippen LogP contribution in [0.3, 0.4) is 0 Å². The summed E-state index contributed by atoms with van der Waals surface area (Å²) in [6.45, 7) is 17.7. The number of rotatable bonds is 9. The van der Waals surface area contributed by atoms with Gasteiger partial charge in [0, 0.05) is 18.2 Å². The molecule has 1 aliphatic heterocycles. The smallest absolute Gasteiger partial charge is 0.302 e. The van der Waals surface area contributed by atoms with E-state index in [1.54, 1.807) is 11.8 Å². The molecule has 29 heavy (non-hydrogen) atoms. The number of hydrogen-bond acceptors (Lipinski definition) is 5. The van der Waals surface area contributed by atoms with Crippen LogP contribution in [-0.4, -0.2) is 38.5 Å². The van der Waals surface area contributed by atoms with Crippen molar-refractivity contribution in [1.82, 2.24) is 0 Å². The minimum Gasteiger partial charge on any atom is -0.460 e. The maximum absolute atomic E-state index is 11.7. The Kier molecular flexibility index (Phi) is 8.82. The molecule has 1 aromatic carbocycles. The van der Waals surface area contributed by atoms with Crippen molar-refractivity contribution in [3.8, 4) is 0 Å². The van der Waals surface area contributed by atoms with E-state index in [4.69, 9.17) is 13.9 Å². The van der Waals surface area contributed by atoms with E-state index in [2.05, 4.69) is 72.7 Å². The van der Waals surface area contributed by atoms with Crippen LogP contribution in [0.4, 0.5) is 0 Å². The molecule has 1 aromatic rings. The predicted octanol–water partition coefficient (Wildman–Crippen LogP) is 6.33. The molecule has 0 unspecified atom stereocenters. The Morgan fingerprint density at radius 2 is 1.66 bits per heavy atom. The molecule has 0 saturated carbocycles. The van der Waals surface area contributed by atoms with Crippen molar-refractivity contribution < 1.29 is 18.7 Å². The molecular formula is C23H38O4SSi. The van der Waals surface area contributed by atoms with E-state index in [0.717, 1.165) is 0 Å². The fourth-order valence-electron chi connectivity index (χ4n) is 4.73. The molecule has 0 aliphatic carbocycles. The minimum atomic E-state index is -1.99. The lowest BCUT2D eigenvalue weighted by Gasteiger charge is -2.42. The highest BCUT2D eigenvalue weighted by Crippen LogP contribution is 2.43. The molecule has 0 bridgehead atoms. The fraction of sp³-hybridized carbons (Fsp3) is 0.696. The van der Waals surface area contributed by atoms with E-state index in [1.807, 2.05) is 0 Å². The molecule has 0 radical (unpaired) electrons. The molecule has 1 aliphatic rings. The number of ether oxygens (including phenoxy) is 2. The van der Waals surface area contributed by atoms with Gasteiger partial charge in [-0.25, -0.2) is 0 Å². The average molecular weight is 439 g/mol. The van der Waals surface area contributed by atoms with Gasteiger partial charge in [0.15, 0.2) is 8.32 Å². The third-order valence-corrected chi connectivity index (χ3v) is 13.2. The SMILES string of the molecule is CC(=O)O[C@H]1C[C@H](Sc2ccc(C)cc2)O[C@@H]1CO[Si](C(C)C)(C(C)C)C(C)C. The first-order valence-corrected chi connectivity index (χ1v) is 13.8. The standard InChI is InChI=1S/C23H38O4SSi/c1-15(2)29(16(3)4,17(5)6)25-14-22-21(26-19(8)24)13-23(27-22)28-20-11-9-18(7)10-12-20/h9-12,15-17,21-23H,13-14H2,1-8H3/t21-,22+,23-/m0/s1. The maximum Gasteiger partial charge on any atom is 0.302 e. The first-order chi connectivity index (χ1) is 13.6. The van der Waals surface area contributed by atoms with Crippen molar-refractivity contribution in [3.05, 3.63) is 29.8 Å². The summed E-state index contributed by atoms with van der Waals surface area (Å²) in [6.07, 6.45) is 0.213. The number of carbonyl (C=O) groups is 1. The number of carbonyl (C=O) groups excluding carboxylic acids is 1. The number of hydrogen-bond donors (Lipinski definition) is 0. The number of esters is 1. The summed E-state index contributed by atoms with van der Waals surface area (Å²) in [6, 6.07) is 8.44. The van der Waals surface area contributed by atoms with Crippen LogP contribution in [0.15, 0.2) is 29.2 Å². The largest absolute Gasteiger partial charge is 0.460 e. The van der Waals surface area contributed by atoms with E-state index in [-0.39, 0.29) is 23.6 Å². The van der Waals surface area contributed by atoms with Gasteiger partial charge in [0.05, 0.1) is 6.61 Å². The average Bonchev–Trinajstić information content (AvgIpc) is 2.97. The van der Waals surface area contributed by atoms with Gasteiger partial charge in [-0.1, -0.05) is 71.0 Å². The summed E-state index contributed by atoms with van der Waals surface area (Å²) in [5.41, 5.74) is 2.73. The first kappa shape index (κ1) is 24.4. The molecule has 6 heteroatoms. The molecule has 4 nitrogen and oxygen atoms in total. The second kappa shape index (κ2) is 10.5. The van der Waals surface area contributed by atoms with Crippen molar-refractivity contribution in [2.45, 2.75) is 101 Å². The Morgan fingerprint density at radius 3 is 2.14 bits per heavy atom. The molecular weight excluding hydrogens is 400 g/mol. The van der Waals surface area contributed by atoms with Crippen LogP contribution < -0.4 is 0 Å². The van der Waals surface area contributed by atoms with Gasteiger partial charge in [-0.05, 0) is 35.7 Å². The molecule has 0 amide bonds. The zero-order chi connectivity index (χ0) is 21.8. The lowest BCUT2D eigenvalue weighted by molar-refractivity contribution is -0.149. The van der Waals surface area contributed by atoms with Gasteiger partial charge in [0.25, 0.3) is 0 Å². The molecule has 2 rings (SSSR count). The molecule has 0 spiro atoms. The highest BCUT2D eigenvalue weighted by molar-refractivity contribution is 7.99. The van der Waals surface area contributed by atoms with Gasteiger partial charge >= 0.3 is 5.97 Å². The zero-order valence-corrected chi connectivity index (χ0v) is 21.0. The number of aryl methyl sites for hydroxylation is 1. The van der Waals surface area contributed by atoms with Gasteiger partial charge in [-0.15, -0.1) is 0 Å². The Balaban J connectivity index is 2.11. The second-order valence-corrected chi connectivity index (χ2v) is 15.7. The summed E-state index contributed by atoms with van der Waals surface area (Å²) in [4.78, 5) is 12.8. The molecule has 164 valence electrons. The topological polar surface area (TPSA) is 44.8 Å². The van der Waals surface area contributed by atoms with Crippen LogP contribution >= 0.6 is 11.8 Å². The van der Waals surface area contributed by atoms with E-state index in [0.29, 0.717) is 29.7 Å². The quantitative estimate of drug-likeness (QED) is 0.333. The maximum atomic E-state index is 11.7. The van der Waals surface area contributed by atoms with Gasteiger partial charge in [-0.2, -0.15) is 0 Å². The van der Waals surface area contributed by atoms with Crippen LogP contribution in [0.2, 0.25) is 16.6 Å². The van der Waals surface area contributed by atoms with Crippen LogP contribution in [0, 0.1) is 6.92 Å². The van der Waals surface area contributed by atoms with Crippen molar-refractivity contribution in [3.63, 3.8) is 0 Å². The number of thioether (sulfide) groups is 1. The summed E-state index contributed by atoms with van der Waals surface area (Å²) in [5.74, 6) is -0.260. The summed E-state index contributed by atoms with van der Waals surface area (Å²) < 4.78 is 18.7. The molecule has 3 atom stereocenters. The summed E-state index contributed by atoms with van der Waals surface area (Å²) in [7, 11) is -1.99. The molecule has 1 fully saturated rings. The van der Waals surface area contributed by atoms with Crippen LogP contribution in [0.25, 0.3) is 0 Å². The lowest BCUT2D eigenvalue weighted by Crippen LogP contribution is -2.50. The normalized spacial score (nSPS) is 22.7. The Labute approximate surface area is 182 Å². The van der Waals surface area contributed by atoms with Gasteiger partial charge < -0.3 is 13.9 Å². The Hall–Kier alpha value is -0.823. The monoisotopic (exact) mass is 438 g/mol. The van der Waals surface area contributed by atoms with E-state index < -0.39 is 8.32 Å². The molecule has 1 heterocycles. The van der Waals surface area contributed by atoms with Crippen molar-refractivity contribution in [1.29, 1.82) is 0 Å². The zero-order valence-electron chi connectivity index (χ0n) is 19.2. The van der Waals surface area contributed by atoms with Gasteiger partial charge in [0.1, 0.15) is 17.6 Å². The summed E-state index contributed by atoms with van der Waals surface area (Å²) in [5, 5.41) is 0. The third kappa shape index (κ3) is 6.09. The second-order valence-electron chi connectivity index (χ2n) is 9.05.